The Bertz CT molecular complexity index is 761. The number of aromatic carboxylic acids is 1. The van der Waals surface area contributed by atoms with Gasteiger partial charge in [0.25, 0.3) is 0 Å². The molecule has 2 aromatic rings. The van der Waals surface area contributed by atoms with Crippen molar-refractivity contribution < 1.29 is 22.7 Å². The van der Waals surface area contributed by atoms with Crippen molar-refractivity contribution in [2.75, 3.05) is 7.05 Å². The third kappa shape index (κ3) is 3.06. The molecule has 0 amide bonds. The minimum atomic E-state index is -4.19. The Balaban J connectivity index is 2.43. The Morgan fingerprint density at radius 2 is 2.19 bits per heavy atom. The van der Waals surface area contributed by atoms with E-state index in [2.05, 4.69) is 15.2 Å². The first-order valence-corrected chi connectivity index (χ1v) is 7.10. The van der Waals surface area contributed by atoms with Crippen molar-refractivity contribution in [1.82, 2.24) is 19.5 Å². The summed E-state index contributed by atoms with van der Waals surface area (Å²) in [6.07, 6.45) is 1.21. The lowest BCUT2D eigenvalue weighted by Gasteiger charge is -2.17. The lowest BCUT2D eigenvalue weighted by molar-refractivity contribution is 0.0692. The molecule has 1 heterocycles. The van der Waals surface area contributed by atoms with Crippen molar-refractivity contribution in [2.45, 2.75) is 11.4 Å². The van der Waals surface area contributed by atoms with E-state index in [1.807, 2.05) is 0 Å². The minimum absolute atomic E-state index is 0.155. The van der Waals surface area contributed by atoms with Gasteiger partial charge in [-0.25, -0.2) is 22.6 Å². The highest BCUT2D eigenvalue weighted by Gasteiger charge is 2.27. The van der Waals surface area contributed by atoms with Crippen LogP contribution >= 0.6 is 0 Å². The van der Waals surface area contributed by atoms with Gasteiger partial charge in [-0.2, -0.15) is 9.40 Å². The number of carboxylic acids is 1. The molecule has 0 unspecified atom stereocenters. The fourth-order valence-electron chi connectivity index (χ4n) is 1.66. The summed E-state index contributed by atoms with van der Waals surface area (Å²) in [7, 11) is -2.96. The zero-order valence-electron chi connectivity index (χ0n) is 10.8. The molecular weight excluding hydrogens is 303 g/mol. The smallest absolute Gasteiger partial charge is 0.337 e. The highest BCUT2D eigenvalue weighted by Crippen LogP contribution is 2.21. The molecule has 21 heavy (non-hydrogen) atoms. The molecule has 1 aromatic heterocycles. The van der Waals surface area contributed by atoms with Gasteiger partial charge in [0, 0.05) is 7.05 Å². The molecule has 2 N–H and O–H groups in total. The van der Waals surface area contributed by atoms with Crippen LogP contribution < -0.4 is 0 Å². The van der Waals surface area contributed by atoms with Crippen LogP contribution in [0.1, 0.15) is 16.2 Å². The highest BCUT2D eigenvalue weighted by molar-refractivity contribution is 7.89. The number of sulfonamides is 1. The Morgan fingerprint density at radius 3 is 2.76 bits per heavy atom. The predicted octanol–water partition coefficient (Wildman–Crippen LogP) is 0.463. The van der Waals surface area contributed by atoms with Crippen LogP contribution in [0.2, 0.25) is 0 Å². The number of halogens is 1. The third-order valence-electron chi connectivity index (χ3n) is 2.70. The van der Waals surface area contributed by atoms with Crippen molar-refractivity contribution in [1.29, 1.82) is 0 Å². The van der Waals surface area contributed by atoms with E-state index in [1.54, 1.807) is 0 Å². The standard InChI is InChI=1S/C11H11FN4O4S/c1-16(5-10-13-6-14-15-10)21(19,20)9-4-7(12)2-3-8(9)11(17)18/h2-4,6H,5H2,1H3,(H,17,18)(H,13,14,15). The number of nitrogens with zero attached hydrogens (tertiary/aromatic N) is 3. The number of benzene rings is 1. The van der Waals surface area contributed by atoms with Crippen molar-refractivity contribution in [2.24, 2.45) is 0 Å². The summed E-state index contributed by atoms with van der Waals surface area (Å²) in [5.74, 6) is -2.03. The molecule has 10 heteroatoms. The molecular formula is C11H11FN4O4S. The van der Waals surface area contributed by atoms with Gasteiger partial charge in [0.15, 0.2) is 0 Å². The van der Waals surface area contributed by atoms with E-state index in [-0.39, 0.29) is 12.4 Å². The lowest BCUT2D eigenvalue weighted by atomic mass is 10.2. The molecule has 0 radical (unpaired) electrons. The molecule has 0 atom stereocenters. The molecule has 8 nitrogen and oxygen atoms in total. The Labute approximate surface area is 119 Å². The van der Waals surface area contributed by atoms with Crippen LogP contribution in [0.4, 0.5) is 4.39 Å². The van der Waals surface area contributed by atoms with Crippen LogP contribution in [0, 0.1) is 5.82 Å². The summed E-state index contributed by atoms with van der Waals surface area (Å²) in [4.78, 5) is 14.2. The number of H-pyrrole nitrogens is 1. The van der Waals surface area contributed by atoms with Crippen molar-refractivity contribution in [3.63, 3.8) is 0 Å². The minimum Gasteiger partial charge on any atom is -0.478 e. The van der Waals surface area contributed by atoms with Crippen LogP contribution in [0.15, 0.2) is 29.4 Å². The SMILES string of the molecule is CN(Cc1ncn[nH]1)S(=O)(=O)c1cc(F)ccc1C(=O)O. The number of carbonyl (C=O) groups is 1. The average molecular weight is 314 g/mol. The van der Waals surface area contributed by atoms with E-state index < -0.39 is 32.3 Å². The fraction of sp³-hybridized carbons (Fsp3) is 0.182. The summed E-state index contributed by atoms with van der Waals surface area (Å²) in [6, 6.07) is 2.47. The van der Waals surface area contributed by atoms with Gasteiger partial charge in [-0.1, -0.05) is 0 Å². The molecule has 112 valence electrons. The first-order valence-electron chi connectivity index (χ1n) is 5.66. The van der Waals surface area contributed by atoms with E-state index in [0.717, 1.165) is 16.4 Å². The van der Waals surface area contributed by atoms with Crippen molar-refractivity contribution >= 4 is 16.0 Å². The molecule has 0 aliphatic carbocycles. The highest BCUT2D eigenvalue weighted by atomic mass is 32.2. The third-order valence-corrected chi connectivity index (χ3v) is 4.54. The second-order valence-corrected chi connectivity index (χ2v) is 6.15. The number of carboxylic acid groups (broad SMARTS) is 1. The molecule has 0 bridgehead atoms. The topological polar surface area (TPSA) is 116 Å². The number of rotatable bonds is 5. The molecule has 2 rings (SSSR count). The molecule has 0 aliphatic heterocycles. The van der Waals surface area contributed by atoms with E-state index in [9.17, 15) is 17.6 Å². The van der Waals surface area contributed by atoms with E-state index in [1.165, 1.54) is 13.4 Å². The lowest BCUT2D eigenvalue weighted by Crippen LogP contribution is -2.28. The van der Waals surface area contributed by atoms with Gasteiger partial charge in [0.05, 0.1) is 17.0 Å². The molecule has 1 aromatic carbocycles. The first-order chi connectivity index (χ1) is 9.82. The zero-order valence-corrected chi connectivity index (χ0v) is 11.6. The quantitative estimate of drug-likeness (QED) is 0.828. The van der Waals surface area contributed by atoms with Crippen LogP contribution in [-0.2, 0) is 16.6 Å². The van der Waals surface area contributed by atoms with Gasteiger partial charge in [0.1, 0.15) is 18.0 Å². The Hall–Kier alpha value is -2.33. The maximum absolute atomic E-state index is 13.3. The van der Waals surface area contributed by atoms with Crippen LogP contribution in [0.25, 0.3) is 0 Å². The first kappa shape index (κ1) is 15.1. The number of nitrogens with one attached hydrogen (secondary N) is 1. The molecule has 0 fully saturated rings. The number of hydrogen-bond acceptors (Lipinski definition) is 5. The monoisotopic (exact) mass is 314 g/mol. The summed E-state index contributed by atoms with van der Waals surface area (Å²) < 4.78 is 38.9. The number of aromatic nitrogens is 3. The van der Waals surface area contributed by atoms with Crippen molar-refractivity contribution in [3.05, 3.63) is 41.7 Å². The number of hydrogen-bond donors (Lipinski definition) is 2. The molecule has 0 saturated carbocycles. The molecule has 0 spiro atoms. The van der Waals surface area contributed by atoms with E-state index in [0.29, 0.717) is 6.07 Å². The summed E-state index contributed by atoms with van der Waals surface area (Å²) in [5.41, 5.74) is -0.499. The normalized spacial score (nSPS) is 11.8. The van der Waals surface area contributed by atoms with Gasteiger partial charge in [-0.15, -0.1) is 0 Å². The van der Waals surface area contributed by atoms with Crippen molar-refractivity contribution in [3.8, 4) is 0 Å². The zero-order chi connectivity index (χ0) is 15.6. The Morgan fingerprint density at radius 1 is 1.48 bits per heavy atom. The summed E-state index contributed by atoms with van der Waals surface area (Å²) in [6.45, 7) is -0.155. The van der Waals surface area contributed by atoms with Gasteiger partial charge < -0.3 is 5.11 Å². The summed E-state index contributed by atoms with van der Waals surface area (Å²) >= 11 is 0. The van der Waals surface area contributed by atoms with E-state index >= 15 is 0 Å². The van der Waals surface area contributed by atoms with Crippen LogP contribution in [-0.4, -0.2) is 46.0 Å². The second kappa shape index (κ2) is 5.58. The van der Waals surface area contributed by atoms with Gasteiger partial charge >= 0.3 is 5.97 Å². The van der Waals surface area contributed by atoms with Gasteiger partial charge in [-0.05, 0) is 18.2 Å². The summed E-state index contributed by atoms with van der Waals surface area (Å²) in [5, 5.41) is 15.1. The predicted molar refractivity (Wildman–Crippen MR) is 68.4 cm³/mol. The van der Waals surface area contributed by atoms with Gasteiger partial charge in [-0.3, -0.25) is 5.10 Å². The fourth-order valence-corrected chi connectivity index (χ4v) is 2.98. The van der Waals surface area contributed by atoms with Crippen LogP contribution in [0.3, 0.4) is 0 Å². The molecule has 0 saturated heterocycles. The van der Waals surface area contributed by atoms with E-state index in [4.69, 9.17) is 5.11 Å². The average Bonchev–Trinajstić information content (AvgIpc) is 2.91. The van der Waals surface area contributed by atoms with Gasteiger partial charge in [0.2, 0.25) is 10.0 Å². The van der Waals surface area contributed by atoms with Crippen LogP contribution in [0.5, 0.6) is 0 Å². The Kier molecular flexibility index (Phi) is 4.00. The maximum Gasteiger partial charge on any atom is 0.337 e. The largest absolute Gasteiger partial charge is 0.478 e. The second-order valence-electron chi connectivity index (χ2n) is 4.14. The maximum atomic E-state index is 13.3. The number of aromatic amines is 1. The molecule has 0 aliphatic rings.